The highest BCUT2D eigenvalue weighted by molar-refractivity contribution is 7.25. The van der Waals surface area contributed by atoms with Crippen LogP contribution in [0.4, 0.5) is 34.1 Å². The van der Waals surface area contributed by atoms with Gasteiger partial charge in [-0.1, -0.05) is 297 Å². The van der Waals surface area contributed by atoms with Gasteiger partial charge in [0.05, 0.1) is 22.1 Å². The minimum absolute atomic E-state index is 0.837. The van der Waals surface area contributed by atoms with Gasteiger partial charge in [0.1, 0.15) is 33.5 Å². The lowest BCUT2D eigenvalue weighted by atomic mass is 9.83. The average Bonchev–Trinajstić information content (AvgIpc) is 1.27. The van der Waals surface area contributed by atoms with Gasteiger partial charge in [-0.3, -0.25) is 0 Å². The lowest BCUT2D eigenvalue weighted by Gasteiger charge is -2.27. The molecule has 4 aromatic heterocycles. The van der Waals surface area contributed by atoms with Crippen molar-refractivity contribution in [2.45, 2.75) is 0 Å². The van der Waals surface area contributed by atoms with Crippen LogP contribution in [-0.2, 0) is 0 Å². The van der Waals surface area contributed by atoms with Crippen molar-refractivity contribution in [3.8, 4) is 77.9 Å². The van der Waals surface area contributed by atoms with Gasteiger partial charge in [0.15, 0.2) is 0 Å². The highest BCUT2D eigenvalue weighted by Gasteiger charge is 2.26. The number of hydrogen-bond acceptors (Lipinski definition) is 6. The van der Waals surface area contributed by atoms with Gasteiger partial charge in [-0.25, -0.2) is 0 Å². The first kappa shape index (κ1) is 65.1. The second kappa shape index (κ2) is 26.5. The van der Waals surface area contributed by atoms with Gasteiger partial charge in [-0.15, -0.1) is 11.3 Å². The quantitative estimate of drug-likeness (QED) is 0.108. The topological polar surface area (TPSA) is 45.9 Å². The van der Waals surface area contributed by atoms with E-state index in [9.17, 15) is 0 Å². The number of fused-ring (bicyclic) bond motifs is 16. The van der Waals surface area contributed by atoms with Crippen molar-refractivity contribution in [3.63, 3.8) is 0 Å². The zero-order chi connectivity index (χ0) is 74.9. The minimum Gasteiger partial charge on any atom is -0.456 e. The van der Waals surface area contributed by atoms with Gasteiger partial charge < -0.3 is 23.1 Å². The van der Waals surface area contributed by atoms with Gasteiger partial charge in [-0.2, -0.15) is 0 Å². The summed E-state index contributed by atoms with van der Waals surface area (Å²) in [5, 5.41) is 16.3. The van der Waals surface area contributed by atoms with Gasteiger partial charge in [-0.05, 0) is 208 Å². The van der Waals surface area contributed by atoms with Gasteiger partial charge in [0, 0.05) is 70.0 Å². The SMILES string of the molecule is c1ccc(-c2c(-c3ccc(N(c4ccc(-c5cccc6c5oc5ccccc56)cc4)c4cccc5oc6ccccc6c45)cc3)c3ccccc3c3c(-c4ccc5c(c4)sc4cc(-c6ccc(N(c7ccc(-c8cccc9cccc(-c%10ccccc%10)c89)cc7)c7cccc8oc9ccccc9c78)cc6)ccc45)cccc23)cc1. The molecule has 532 valence electrons. The van der Waals surface area contributed by atoms with Crippen molar-refractivity contribution < 1.29 is 13.3 Å². The maximum absolute atomic E-state index is 6.58. The van der Waals surface area contributed by atoms with E-state index in [1.165, 1.54) is 97.0 Å². The molecule has 0 atom stereocenters. The molecule has 0 unspecified atom stereocenters. The monoisotopic (exact) mass is 1470 g/mol. The van der Waals surface area contributed by atoms with E-state index in [1.54, 1.807) is 0 Å². The first-order valence-corrected chi connectivity index (χ1v) is 39.6. The van der Waals surface area contributed by atoms with E-state index >= 15 is 0 Å². The molecule has 0 aliphatic carbocycles. The molecule has 0 saturated carbocycles. The second-order valence-electron chi connectivity index (χ2n) is 29.6. The molecule has 0 bridgehead atoms. The first-order chi connectivity index (χ1) is 56.5. The fourth-order valence-electron chi connectivity index (χ4n) is 18.1. The van der Waals surface area contributed by atoms with Crippen LogP contribution in [0, 0.1) is 0 Å². The van der Waals surface area contributed by atoms with E-state index in [0.717, 1.165) is 133 Å². The molecule has 0 radical (unpaired) electrons. The lowest BCUT2D eigenvalue weighted by Crippen LogP contribution is -2.10. The minimum atomic E-state index is 0.837. The van der Waals surface area contributed by atoms with Crippen LogP contribution < -0.4 is 9.80 Å². The van der Waals surface area contributed by atoms with Crippen molar-refractivity contribution in [2.24, 2.45) is 0 Å². The molecular formula is C108H66N2O3S. The smallest absolute Gasteiger partial charge is 0.143 e. The molecule has 23 rings (SSSR count). The highest BCUT2D eigenvalue weighted by atomic mass is 32.1. The summed E-state index contributed by atoms with van der Waals surface area (Å²) in [6, 6.07) is 146. The summed E-state index contributed by atoms with van der Waals surface area (Å²) in [6.45, 7) is 0. The van der Waals surface area contributed by atoms with E-state index in [4.69, 9.17) is 13.3 Å². The third kappa shape index (κ3) is 10.6. The standard InChI is InChI=1S/C108H66N2O3S/c1-3-21-68(22-4-1)80-32-15-25-71-26-16-33-81(102(71)80)69-47-57-77(58-48-69)109(93-38-19-43-98-106(93)90-30-10-13-41-96(90)111-98)76-55-45-67(46-56-76)74-53-63-85-86-64-54-75(66-101(86)114-100(85)65-74)82-34-17-37-92-104(72-23-5-2-6-24-72)103(87-28-7-8-29-88(87)105(82)92)73-51-61-79(62-52-73)110(94-39-20-44-99-107(94)91-31-11-14-42-97(91)112-99)78-59-49-70(50-60-78)83-35-18-36-89-84-27-9-12-40-95(84)113-108(83)89/h1-66H. The molecule has 0 aliphatic heterocycles. The third-order valence-electron chi connectivity index (χ3n) is 23.3. The molecule has 19 aromatic carbocycles. The molecule has 4 heterocycles. The van der Waals surface area contributed by atoms with E-state index in [2.05, 4.69) is 386 Å². The predicted octanol–water partition coefficient (Wildman–Crippen LogP) is 31.8. The number of thiophene rings is 1. The van der Waals surface area contributed by atoms with Crippen LogP contribution in [0.2, 0.25) is 0 Å². The summed E-state index contributed by atoms with van der Waals surface area (Å²) >= 11 is 1.87. The maximum atomic E-state index is 6.58. The highest BCUT2D eigenvalue weighted by Crippen LogP contribution is 2.52. The number of para-hydroxylation sites is 4. The Bertz CT molecular complexity index is 7760. The zero-order valence-electron chi connectivity index (χ0n) is 61.6. The van der Waals surface area contributed by atoms with Crippen molar-refractivity contribution in [3.05, 3.63) is 400 Å². The Balaban J connectivity index is 0.602. The number of rotatable bonds is 13. The number of benzene rings is 19. The molecule has 5 nitrogen and oxygen atoms in total. The van der Waals surface area contributed by atoms with Crippen molar-refractivity contribution >= 4 is 164 Å². The van der Waals surface area contributed by atoms with Crippen LogP contribution in [0.3, 0.4) is 0 Å². The van der Waals surface area contributed by atoms with E-state index < -0.39 is 0 Å². The van der Waals surface area contributed by atoms with Crippen molar-refractivity contribution in [1.29, 1.82) is 0 Å². The maximum Gasteiger partial charge on any atom is 0.143 e. The molecule has 114 heavy (non-hydrogen) atoms. The summed E-state index contributed by atoms with van der Waals surface area (Å²) in [6.07, 6.45) is 0. The Morgan fingerprint density at radius 2 is 0.561 bits per heavy atom. The van der Waals surface area contributed by atoms with Gasteiger partial charge in [0.25, 0.3) is 0 Å². The van der Waals surface area contributed by atoms with Crippen molar-refractivity contribution in [2.75, 3.05) is 9.80 Å². The number of furan rings is 3. The van der Waals surface area contributed by atoms with E-state index in [0.29, 0.717) is 0 Å². The van der Waals surface area contributed by atoms with Crippen LogP contribution in [-0.4, -0.2) is 0 Å². The van der Waals surface area contributed by atoms with E-state index in [1.807, 2.05) is 35.6 Å². The first-order valence-electron chi connectivity index (χ1n) is 38.8. The lowest BCUT2D eigenvalue weighted by molar-refractivity contribution is 0.668. The Morgan fingerprint density at radius 3 is 1.13 bits per heavy atom. The summed E-state index contributed by atoms with van der Waals surface area (Å²) in [5.74, 6) is 0. The molecule has 0 spiro atoms. The molecular weight excluding hydrogens is 1410 g/mol. The number of hydrogen-bond donors (Lipinski definition) is 0. The Morgan fingerprint density at radius 1 is 0.193 bits per heavy atom. The molecule has 0 saturated heterocycles. The molecule has 0 aliphatic rings. The van der Waals surface area contributed by atoms with Crippen LogP contribution >= 0.6 is 11.3 Å². The third-order valence-corrected chi connectivity index (χ3v) is 24.4. The molecule has 0 N–H and O–H groups in total. The molecule has 23 aromatic rings. The second-order valence-corrected chi connectivity index (χ2v) is 30.7. The van der Waals surface area contributed by atoms with Gasteiger partial charge in [0.2, 0.25) is 0 Å². The van der Waals surface area contributed by atoms with Crippen LogP contribution in [0.5, 0.6) is 0 Å². The Kier molecular flexibility index (Phi) is 15.1. The summed E-state index contributed by atoms with van der Waals surface area (Å²) in [4.78, 5) is 4.76. The molecule has 0 amide bonds. The Hall–Kier alpha value is -14.8. The van der Waals surface area contributed by atoms with Crippen LogP contribution in [0.15, 0.2) is 414 Å². The predicted molar refractivity (Wildman–Crippen MR) is 481 cm³/mol. The average molecular weight is 1470 g/mol. The Labute approximate surface area is 660 Å². The summed E-state index contributed by atoms with van der Waals surface area (Å²) < 4.78 is 22.2. The molecule has 6 heteroatoms. The van der Waals surface area contributed by atoms with Crippen LogP contribution in [0.25, 0.3) is 196 Å². The summed E-state index contributed by atoms with van der Waals surface area (Å²) in [5.41, 5.74) is 27.7. The zero-order valence-corrected chi connectivity index (χ0v) is 62.4. The van der Waals surface area contributed by atoms with E-state index in [-0.39, 0.29) is 0 Å². The normalized spacial score (nSPS) is 11.9. The fourth-order valence-corrected chi connectivity index (χ4v) is 19.3. The van der Waals surface area contributed by atoms with Gasteiger partial charge >= 0.3 is 0 Å². The fraction of sp³-hybridized carbons (Fsp3) is 0. The largest absolute Gasteiger partial charge is 0.456 e. The van der Waals surface area contributed by atoms with Crippen LogP contribution in [0.1, 0.15) is 0 Å². The number of anilines is 6. The number of nitrogens with zero attached hydrogens (tertiary/aromatic N) is 2. The summed E-state index contributed by atoms with van der Waals surface area (Å²) in [7, 11) is 0. The van der Waals surface area contributed by atoms with Crippen molar-refractivity contribution in [1.82, 2.24) is 0 Å². The molecule has 0 fully saturated rings.